The highest BCUT2D eigenvalue weighted by Gasteiger charge is 2.42. The highest BCUT2D eigenvalue weighted by molar-refractivity contribution is 5.10. The molecule has 3 unspecified atom stereocenters. The maximum atomic E-state index is 10.4. The Bertz CT molecular complexity index is 201. The van der Waals surface area contributed by atoms with Gasteiger partial charge in [-0.2, -0.15) is 0 Å². The van der Waals surface area contributed by atoms with Crippen LogP contribution >= 0.6 is 0 Å². The Morgan fingerprint density at radius 3 is 1.93 bits per heavy atom. The van der Waals surface area contributed by atoms with Crippen LogP contribution in [0.5, 0.6) is 0 Å². The molecular weight excluding hydrogens is 178 g/mol. The summed E-state index contributed by atoms with van der Waals surface area (Å²) >= 11 is 0. The molecule has 3 nitrogen and oxygen atoms in total. The lowest BCUT2D eigenvalue weighted by atomic mass is 10.0. The zero-order valence-electron chi connectivity index (χ0n) is 9.56. The van der Waals surface area contributed by atoms with Gasteiger partial charge in [0.15, 0.2) is 0 Å². The molecule has 0 amide bonds. The molecule has 2 aliphatic carbocycles. The topological polar surface area (TPSA) is 43.1 Å². The third kappa shape index (κ3) is 2.82. The molecule has 82 valence electrons. The quantitative estimate of drug-likeness (QED) is 0.369. The lowest BCUT2D eigenvalue weighted by Crippen LogP contribution is -2.23. The van der Waals surface area contributed by atoms with E-state index in [1.54, 1.807) is 0 Å². The fourth-order valence-corrected chi connectivity index (χ4v) is 1.99. The lowest BCUT2D eigenvalue weighted by molar-refractivity contribution is -0.527. The zero-order valence-corrected chi connectivity index (χ0v) is 9.56. The van der Waals surface area contributed by atoms with Crippen molar-refractivity contribution in [2.75, 3.05) is 0 Å². The Morgan fingerprint density at radius 2 is 1.71 bits per heavy atom. The van der Waals surface area contributed by atoms with Gasteiger partial charge in [-0.25, -0.2) is 0 Å². The second-order valence-electron chi connectivity index (χ2n) is 3.13. The van der Waals surface area contributed by atoms with Gasteiger partial charge >= 0.3 is 0 Å². The van der Waals surface area contributed by atoms with E-state index >= 15 is 0 Å². The van der Waals surface area contributed by atoms with Gasteiger partial charge in [0.25, 0.3) is 0 Å². The van der Waals surface area contributed by atoms with Crippen LogP contribution in [0.3, 0.4) is 0 Å². The third-order valence-corrected chi connectivity index (χ3v) is 2.51. The third-order valence-electron chi connectivity index (χ3n) is 2.51. The van der Waals surface area contributed by atoms with Gasteiger partial charge in [-0.05, 0) is 12.3 Å². The molecule has 2 rings (SSSR count). The first-order chi connectivity index (χ1) is 6.77. The smallest absolute Gasteiger partial charge is 0.219 e. The van der Waals surface area contributed by atoms with Crippen LogP contribution in [-0.4, -0.2) is 11.0 Å². The molecule has 2 aliphatic rings. The van der Waals surface area contributed by atoms with Crippen molar-refractivity contribution in [3.63, 3.8) is 0 Å². The summed E-state index contributed by atoms with van der Waals surface area (Å²) in [6, 6.07) is -0.269. The molecule has 0 aromatic heterocycles. The van der Waals surface area contributed by atoms with E-state index in [-0.39, 0.29) is 16.9 Å². The highest BCUT2D eigenvalue weighted by Crippen LogP contribution is 2.40. The SMILES string of the molecule is CC.CC.O=[N+]([O-])C1CC2C=CC1C2. The summed E-state index contributed by atoms with van der Waals surface area (Å²) in [5, 5.41) is 10.4. The fourth-order valence-electron chi connectivity index (χ4n) is 1.99. The average molecular weight is 199 g/mol. The van der Waals surface area contributed by atoms with Crippen molar-refractivity contribution in [3.05, 3.63) is 22.3 Å². The van der Waals surface area contributed by atoms with Gasteiger partial charge < -0.3 is 0 Å². The zero-order chi connectivity index (χ0) is 11.1. The van der Waals surface area contributed by atoms with Crippen LogP contribution < -0.4 is 0 Å². The number of nitrogens with zero attached hydrogens (tertiary/aromatic N) is 1. The predicted octanol–water partition coefficient (Wildman–Crippen LogP) is 3.28. The standard InChI is InChI=1S/C7H9NO2.2C2H6/c9-8(10)7-4-5-1-2-6(7)3-5;2*1-2/h1-2,5-7H,3-4H2;2*1-2H3. The van der Waals surface area contributed by atoms with E-state index in [0.29, 0.717) is 5.92 Å². The number of hydrogen-bond acceptors (Lipinski definition) is 2. The minimum absolute atomic E-state index is 0.131. The minimum atomic E-state index is -0.269. The lowest BCUT2D eigenvalue weighted by Gasteiger charge is -2.08. The molecule has 0 N–H and O–H groups in total. The average Bonchev–Trinajstić information content (AvgIpc) is 2.85. The first-order valence-electron chi connectivity index (χ1n) is 5.59. The van der Waals surface area contributed by atoms with Crippen LogP contribution in [0.2, 0.25) is 0 Å². The van der Waals surface area contributed by atoms with Gasteiger partial charge in [0, 0.05) is 17.3 Å². The number of rotatable bonds is 1. The maximum absolute atomic E-state index is 10.4. The molecule has 0 heterocycles. The van der Waals surface area contributed by atoms with Gasteiger partial charge in [-0.3, -0.25) is 10.1 Å². The summed E-state index contributed by atoms with van der Waals surface area (Å²) in [5.41, 5.74) is 0. The fraction of sp³-hybridized carbons (Fsp3) is 0.818. The van der Waals surface area contributed by atoms with Gasteiger partial charge in [-0.1, -0.05) is 39.8 Å². The first kappa shape index (κ1) is 13.1. The summed E-state index contributed by atoms with van der Waals surface area (Å²) in [6.45, 7) is 8.00. The molecule has 0 spiro atoms. The largest absolute Gasteiger partial charge is 0.264 e. The Morgan fingerprint density at radius 1 is 1.14 bits per heavy atom. The highest BCUT2D eigenvalue weighted by atomic mass is 16.6. The maximum Gasteiger partial charge on any atom is 0.219 e. The minimum Gasteiger partial charge on any atom is -0.264 e. The van der Waals surface area contributed by atoms with Crippen molar-refractivity contribution >= 4 is 0 Å². The van der Waals surface area contributed by atoms with Crippen LogP contribution in [0, 0.1) is 22.0 Å². The van der Waals surface area contributed by atoms with Crippen molar-refractivity contribution in [2.45, 2.75) is 46.6 Å². The van der Waals surface area contributed by atoms with Gasteiger partial charge in [0.2, 0.25) is 6.04 Å². The van der Waals surface area contributed by atoms with Crippen molar-refractivity contribution in [1.29, 1.82) is 0 Å². The number of hydrogen-bond donors (Lipinski definition) is 0. The number of nitro groups is 1. The van der Waals surface area contributed by atoms with E-state index in [0.717, 1.165) is 12.8 Å². The second kappa shape index (κ2) is 6.57. The summed E-state index contributed by atoms with van der Waals surface area (Å²) < 4.78 is 0. The van der Waals surface area contributed by atoms with Gasteiger partial charge in [0.1, 0.15) is 0 Å². The Kier molecular flexibility index (Phi) is 6.17. The van der Waals surface area contributed by atoms with Gasteiger partial charge in [0.05, 0.1) is 0 Å². The van der Waals surface area contributed by atoms with Crippen molar-refractivity contribution in [2.24, 2.45) is 11.8 Å². The molecule has 14 heavy (non-hydrogen) atoms. The summed E-state index contributed by atoms with van der Waals surface area (Å²) in [7, 11) is 0. The Balaban J connectivity index is 0.000000379. The molecule has 0 aromatic rings. The molecule has 3 heteroatoms. The van der Waals surface area contributed by atoms with Crippen LogP contribution in [0.4, 0.5) is 0 Å². The van der Waals surface area contributed by atoms with E-state index in [1.165, 1.54) is 0 Å². The number of fused-ring (bicyclic) bond motifs is 2. The Labute approximate surface area is 86.4 Å². The molecular formula is C11H21NO2. The van der Waals surface area contributed by atoms with E-state index < -0.39 is 0 Å². The van der Waals surface area contributed by atoms with Crippen molar-refractivity contribution in [1.82, 2.24) is 0 Å². The second-order valence-corrected chi connectivity index (χ2v) is 3.13. The van der Waals surface area contributed by atoms with E-state index in [9.17, 15) is 10.1 Å². The van der Waals surface area contributed by atoms with Gasteiger partial charge in [-0.15, -0.1) is 0 Å². The number of allylic oxidation sites excluding steroid dienone is 1. The molecule has 1 fully saturated rings. The van der Waals surface area contributed by atoms with Crippen molar-refractivity contribution in [3.8, 4) is 0 Å². The first-order valence-corrected chi connectivity index (χ1v) is 5.59. The van der Waals surface area contributed by atoms with Crippen LogP contribution in [0.15, 0.2) is 12.2 Å². The Hall–Kier alpha value is -0.860. The summed E-state index contributed by atoms with van der Waals surface area (Å²) in [5.74, 6) is 0.764. The summed E-state index contributed by atoms with van der Waals surface area (Å²) in [6.07, 6.45) is 5.91. The van der Waals surface area contributed by atoms with E-state index in [2.05, 4.69) is 6.08 Å². The molecule has 0 aromatic carbocycles. The van der Waals surface area contributed by atoms with Crippen molar-refractivity contribution < 1.29 is 4.92 Å². The predicted molar refractivity (Wildman–Crippen MR) is 58.8 cm³/mol. The molecule has 0 radical (unpaired) electrons. The monoisotopic (exact) mass is 199 g/mol. The molecule has 2 bridgehead atoms. The normalized spacial score (nSPS) is 31.3. The molecule has 3 atom stereocenters. The van der Waals surface area contributed by atoms with E-state index in [1.807, 2.05) is 33.8 Å². The van der Waals surface area contributed by atoms with Crippen LogP contribution in [0.1, 0.15) is 40.5 Å². The van der Waals surface area contributed by atoms with E-state index in [4.69, 9.17) is 0 Å². The van der Waals surface area contributed by atoms with Crippen LogP contribution in [0.25, 0.3) is 0 Å². The molecule has 1 saturated carbocycles. The van der Waals surface area contributed by atoms with Crippen LogP contribution in [-0.2, 0) is 0 Å². The summed E-state index contributed by atoms with van der Waals surface area (Å²) in [4.78, 5) is 10.2. The molecule has 0 aliphatic heterocycles. The molecule has 0 saturated heterocycles.